The number of aliphatic carboxylic acids is 2. The van der Waals surface area contributed by atoms with Gasteiger partial charge < -0.3 is 39.1 Å². The lowest BCUT2D eigenvalue weighted by Crippen LogP contribution is -2.10. The Bertz CT molecular complexity index is 2340. The van der Waals surface area contributed by atoms with Crippen molar-refractivity contribution in [3.63, 3.8) is 0 Å². The van der Waals surface area contributed by atoms with Gasteiger partial charge in [0.2, 0.25) is 0 Å². The summed E-state index contributed by atoms with van der Waals surface area (Å²) in [5.74, 6) is -0.726. The molecular weight excluding hydrogens is 640 g/mol. The van der Waals surface area contributed by atoms with Crippen LogP contribution in [0.25, 0.3) is 56.5 Å². The van der Waals surface area contributed by atoms with Gasteiger partial charge in [-0.25, -0.2) is 14.6 Å². The summed E-state index contributed by atoms with van der Waals surface area (Å²) < 4.78 is 22.0. The lowest BCUT2D eigenvalue weighted by atomic mass is 10.0. The monoisotopic (exact) mass is 672 g/mol. The fraction of sp³-hybridized carbons (Fsp3) is 0.158. The average Bonchev–Trinajstić information content (AvgIpc) is 3.94. The van der Waals surface area contributed by atoms with Crippen LogP contribution in [0.5, 0.6) is 23.0 Å². The Labute approximate surface area is 285 Å². The van der Waals surface area contributed by atoms with Crippen LogP contribution in [0, 0.1) is 0 Å². The van der Waals surface area contributed by atoms with E-state index in [0.29, 0.717) is 41.5 Å². The molecule has 12 heteroatoms. The zero-order valence-corrected chi connectivity index (χ0v) is 27.1. The molecule has 5 heterocycles. The molecule has 8 bridgehead atoms. The molecule has 0 aliphatic carbocycles. The van der Waals surface area contributed by atoms with Crippen molar-refractivity contribution in [3.8, 4) is 45.3 Å². The smallest absolute Gasteiger partial charge is 0.341 e. The second kappa shape index (κ2) is 13.5. The number of nitrogens with zero attached hydrogens (tertiary/aromatic N) is 2. The highest BCUT2D eigenvalue weighted by atomic mass is 16.5. The third-order valence-corrected chi connectivity index (χ3v) is 8.29. The van der Waals surface area contributed by atoms with Crippen LogP contribution in [0.15, 0.2) is 72.8 Å². The van der Waals surface area contributed by atoms with Gasteiger partial charge >= 0.3 is 11.9 Å². The molecule has 7 rings (SSSR count). The van der Waals surface area contributed by atoms with Gasteiger partial charge in [0, 0.05) is 38.9 Å². The molecule has 0 radical (unpaired) electrons. The summed E-state index contributed by atoms with van der Waals surface area (Å²) in [6, 6.07) is 22.7. The van der Waals surface area contributed by atoms with E-state index in [9.17, 15) is 19.8 Å². The van der Waals surface area contributed by atoms with Gasteiger partial charge in [0.15, 0.2) is 36.2 Å². The minimum absolute atomic E-state index is 0.301. The molecule has 50 heavy (non-hydrogen) atoms. The second-order valence-corrected chi connectivity index (χ2v) is 11.6. The van der Waals surface area contributed by atoms with Crippen LogP contribution in [0.1, 0.15) is 22.8 Å². The first-order chi connectivity index (χ1) is 24.3. The average molecular weight is 673 g/mol. The Hall–Kier alpha value is -6.56. The summed E-state index contributed by atoms with van der Waals surface area (Å²) in [7, 11) is 3.01. The van der Waals surface area contributed by atoms with E-state index in [2.05, 4.69) is 9.97 Å². The number of nitrogens with one attached hydrogen (secondary N) is 2. The summed E-state index contributed by atoms with van der Waals surface area (Å²) in [4.78, 5) is 39.6. The molecule has 5 aromatic rings. The van der Waals surface area contributed by atoms with Crippen LogP contribution >= 0.6 is 0 Å². The quantitative estimate of drug-likeness (QED) is 0.125. The number of benzene rings is 2. The highest BCUT2D eigenvalue weighted by Crippen LogP contribution is 2.38. The SMILES string of the molecule is COc1ccc(-c2c3nc(cc4ccc([nH]4)c(-c4ccc(OC)c(OCC(=O)O)c4)c4nc(cc5ccc2[nH]5)CC4)C=C3)cc1OCC(=O)O. The van der Waals surface area contributed by atoms with Crippen molar-refractivity contribution in [2.75, 3.05) is 27.4 Å². The third-order valence-electron chi connectivity index (χ3n) is 8.29. The van der Waals surface area contributed by atoms with Crippen molar-refractivity contribution >= 4 is 46.2 Å². The van der Waals surface area contributed by atoms with Gasteiger partial charge in [0.25, 0.3) is 0 Å². The number of aryl methyl sites for hydroxylation is 2. The zero-order chi connectivity index (χ0) is 34.8. The fourth-order valence-electron chi connectivity index (χ4n) is 6.13. The molecule has 0 saturated carbocycles. The number of H-pyrrole nitrogens is 2. The standard InChI is InChI=1S/C38H32N4O8/c1-47-31-13-3-21(15-33(31)49-19-35(43)44)37-27-9-5-23(39-27)17-25-7-11-29(41-25)38(22-4-14-32(48-2)34(16-22)50-20-36(45)46)30-12-8-26(42-30)18-24-6-10-28(37)40-24/h3-7,9-11,13-18,40-41H,8,12,19-20H2,1-2H3,(H,43,44)(H,45,46). The normalized spacial score (nSPS) is 12.0. The van der Waals surface area contributed by atoms with Crippen molar-refractivity contribution < 1.29 is 38.7 Å². The minimum atomic E-state index is -1.09. The van der Waals surface area contributed by atoms with Gasteiger partial charge in [0.05, 0.1) is 31.3 Å². The first-order valence-corrected chi connectivity index (χ1v) is 15.7. The summed E-state index contributed by atoms with van der Waals surface area (Å²) in [5.41, 5.74) is 9.66. The van der Waals surface area contributed by atoms with Gasteiger partial charge in [-0.15, -0.1) is 0 Å². The molecule has 4 N–H and O–H groups in total. The van der Waals surface area contributed by atoms with E-state index >= 15 is 0 Å². The van der Waals surface area contributed by atoms with Crippen LogP contribution in [-0.2, 0) is 22.4 Å². The van der Waals surface area contributed by atoms with Crippen molar-refractivity contribution in [1.29, 1.82) is 0 Å². The first-order valence-electron chi connectivity index (χ1n) is 15.7. The first kappa shape index (κ1) is 32.0. The number of fused-ring (bicyclic) bond motifs is 8. The molecule has 0 atom stereocenters. The van der Waals surface area contributed by atoms with E-state index in [-0.39, 0.29) is 0 Å². The minimum Gasteiger partial charge on any atom is -0.493 e. The second-order valence-electron chi connectivity index (χ2n) is 11.6. The number of carbonyl (C=O) groups is 2. The summed E-state index contributed by atoms with van der Waals surface area (Å²) in [6.07, 6.45) is 5.25. The number of rotatable bonds is 10. The van der Waals surface area contributed by atoms with E-state index in [1.165, 1.54) is 14.2 Å². The van der Waals surface area contributed by atoms with E-state index in [0.717, 1.165) is 61.4 Å². The van der Waals surface area contributed by atoms with Crippen molar-refractivity contribution in [3.05, 3.63) is 95.6 Å². The van der Waals surface area contributed by atoms with Crippen molar-refractivity contribution in [2.45, 2.75) is 12.8 Å². The molecule has 0 spiro atoms. The van der Waals surface area contributed by atoms with Crippen molar-refractivity contribution in [1.82, 2.24) is 19.9 Å². The van der Waals surface area contributed by atoms with Crippen LogP contribution < -0.4 is 18.9 Å². The number of aromatic amines is 2. The third kappa shape index (κ3) is 6.59. The van der Waals surface area contributed by atoms with Crippen LogP contribution in [-0.4, -0.2) is 69.5 Å². The molecule has 0 saturated heterocycles. The van der Waals surface area contributed by atoms with Gasteiger partial charge in [-0.1, -0.05) is 12.1 Å². The topological polar surface area (TPSA) is 169 Å². The van der Waals surface area contributed by atoms with Gasteiger partial charge in [-0.05, 0) is 96.8 Å². The van der Waals surface area contributed by atoms with E-state index < -0.39 is 25.2 Å². The molecule has 2 aliphatic heterocycles. The van der Waals surface area contributed by atoms with E-state index in [4.69, 9.17) is 28.9 Å². The van der Waals surface area contributed by atoms with Gasteiger partial charge in [0.1, 0.15) is 0 Å². The maximum Gasteiger partial charge on any atom is 0.341 e. The Morgan fingerprint density at radius 2 is 1.24 bits per heavy atom. The Morgan fingerprint density at radius 3 is 1.84 bits per heavy atom. The maximum atomic E-state index is 11.3. The molecule has 0 unspecified atom stereocenters. The Balaban J connectivity index is 1.44. The predicted octanol–water partition coefficient (Wildman–Crippen LogP) is 6.55. The highest BCUT2D eigenvalue weighted by molar-refractivity contribution is 5.92. The predicted molar refractivity (Wildman–Crippen MR) is 188 cm³/mol. The maximum absolute atomic E-state index is 11.3. The van der Waals surface area contributed by atoms with Crippen LogP contribution in [0.4, 0.5) is 0 Å². The summed E-state index contributed by atoms with van der Waals surface area (Å²) in [6.45, 7) is -1.02. The molecule has 0 fully saturated rings. The largest absolute Gasteiger partial charge is 0.493 e. The Morgan fingerprint density at radius 1 is 0.660 bits per heavy atom. The molecule has 12 nitrogen and oxygen atoms in total. The Kier molecular flexibility index (Phi) is 8.65. The molecule has 252 valence electrons. The molecule has 2 aromatic carbocycles. The molecule has 2 aliphatic rings. The van der Waals surface area contributed by atoms with Crippen LogP contribution in [0.2, 0.25) is 0 Å². The molecule has 3 aromatic heterocycles. The number of hydrogen-bond acceptors (Lipinski definition) is 8. The zero-order valence-electron chi connectivity index (χ0n) is 27.1. The van der Waals surface area contributed by atoms with Gasteiger partial charge in [-0.3, -0.25) is 4.98 Å². The van der Waals surface area contributed by atoms with Gasteiger partial charge in [-0.2, -0.15) is 0 Å². The van der Waals surface area contributed by atoms with E-state index in [1.807, 2.05) is 60.7 Å². The highest BCUT2D eigenvalue weighted by Gasteiger charge is 2.19. The van der Waals surface area contributed by atoms with Crippen LogP contribution in [0.3, 0.4) is 0 Å². The lowest BCUT2D eigenvalue weighted by Gasteiger charge is -2.12. The number of ether oxygens (including phenoxy) is 4. The summed E-state index contributed by atoms with van der Waals surface area (Å²) in [5, 5.41) is 18.5. The number of carboxylic acid groups (broad SMARTS) is 2. The number of hydrogen-bond donors (Lipinski definition) is 4. The fourth-order valence-corrected chi connectivity index (χ4v) is 6.13. The number of aromatic nitrogens is 4. The molecule has 0 amide bonds. The lowest BCUT2D eigenvalue weighted by molar-refractivity contribution is -0.140. The van der Waals surface area contributed by atoms with E-state index in [1.54, 1.807) is 24.3 Å². The van der Waals surface area contributed by atoms with Crippen molar-refractivity contribution in [2.24, 2.45) is 0 Å². The summed E-state index contributed by atoms with van der Waals surface area (Å²) >= 11 is 0. The number of carboxylic acids is 2. The number of methoxy groups -OCH3 is 2. The molecular formula is C38H32N4O8.